The normalized spacial score (nSPS) is 28.1. The number of primary amides is 1. The fourth-order valence-corrected chi connectivity index (χ4v) is 10.8. The summed E-state index contributed by atoms with van der Waals surface area (Å²) in [5, 5.41) is 3.85. The maximum Gasteiger partial charge on any atom is 0.404 e. The summed E-state index contributed by atoms with van der Waals surface area (Å²) in [6.07, 6.45) is 10.6. The number of methoxy groups -OCH3 is 1. The molecule has 15 heteroatoms. The molecule has 59 heavy (non-hydrogen) atoms. The number of hydrogen-bond donors (Lipinski definition) is 3. The minimum atomic E-state index is -3.96. The van der Waals surface area contributed by atoms with Crippen LogP contribution in [-0.4, -0.2) is 83.8 Å². The average molecular weight is 836 g/mol. The molecule has 3 heterocycles. The molecule has 5 aliphatic rings. The lowest BCUT2D eigenvalue weighted by Gasteiger charge is -2.37. The zero-order valence-electron chi connectivity index (χ0n) is 35.2. The number of nitrogens with one attached hydrogen (secondary N) is 2. The maximum atomic E-state index is 14.5. The Balaban J connectivity index is 1.13. The number of rotatable bonds is 15. The number of fused-ring (bicyclic) bond motifs is 3. The van der Waals surface area contributed by atoms with Crippen LogP contribution in [0.25, 0.3) is 10.9 Å². The van der Waals surface area contributed by atoms with Crippen LogP contribution >= 0.6 is 0 Å². The highest BCUT2D eigenvalue weighted by atomic mass is 32.2. The number of unbranched alkanes of at least 4 members (excludes halogenated alkanes) is 2. The van der Waals surface area contributed by atoms with Gasteiger partial charge in [-0.05, 0) is 107 Å². The number of amides is 4. The number of pyridine rings is 1. The van der Waals surface area contributed by atoms with Crippen LogP contribution < -0.4 is 25.2 Å². The van der Waals surface area contributed by atoms with Gasteiger partial charge < -0.3 is 30.2 Å². The number of nitrogens with zero attached hydrogens (tertiary/aromatic N) is 2. The Kier molecular flexibility index (Phi) is 11.5. The molecule has 7 rings (SSSR count). The number of ether oxygens (including phenoxy) is 3. The average Bonchev–Trinajstić information content (AvgIpc) is 4.00. The van der Waals surface area contributed by atoms with Crippen molar-refractivity contribution in [3.63, 3.8) is 0 Å². The van der Waals surface area contributed by atoms with Gasteiger partial charge >= 0.3 is 6.09 Å². The third-order valence-electron chi connectivity index (χ3n) is 13.4. The highest BCUT2D eigenvalue weighted by Gasteiger charge is 2.63. The van der Waals surface area contributed by atoms with Gasteiger partial charge in [0, 0.05) is 29.7 Å². The second kappa shape index (κ2) is 15.9. The third kappa shape index (κ3) is 8.77. The number of carbonyl (C=O) groups excluding carboxylic acids is 4. The lowest BCUT2D eigenvalue weighted by atomic mass is 9.86. The molecule has 6 atom stereocenters. The molecular formula is C44H61N5O9S. The smallest absolute Gasteiger partial charge is 0.404 e. The van der Waals surface area contributed by atoms with Gasteiger partial charge in [0.1, 0.15) is 34.8 Å². The number of sulfonamides is 1. The van der Waals surface area contributed by atoms with Crippen LogP contribution in [0.15, 0.2) is 30.9 Å². The van der Waals surface area contributed by atoms with Gasteiger partial charge in [-0.3, -0.25) is 19.1 Å². The number of carbonyl (C=O) groups is 4. The molecule has 2 aliphatic heterocycles. The Bertz CT molecular complexity index is 2130. The van der Waals surface area contributed by atoms with Crippen LogP contribution in [0.4, 0.5) is 4.79 Å². The van der Waals surface area contributed by atoms with Crippen LogP contribution in [0.5, 0.6) is 11.5 Å². The predicted molar refractivity (Wildman–Crippen MR) is 222 cm³/mol. The Labute approximate surface area is 347 Å². The number of nitrogens with two attached hydrogens (primary N) is 1. The van der Waals surface area contributed by atoms with E-state index in [-0.39, 0.29) is 43.2 Å². The summed E-state index contributed by atoms with van der Waals surface area (Å²) in [6, 6.07) is 4.87. The van der Waals surface area contributed by atoms with Gasteiger partial charge in [0.05, 0.1) is 29.6 Å². The number of hydrogen-bond acceptors (Lipinski definition) is 10. The van der Waals surface area contributed by atoms with Crippen LogP contribution in [-0.2, 0) is 42.0 Å². The number of aromatic nitrogens is 1. The second-order valence-electron chi connectivity index (χ2n) is 19.2. The zero-order valence-corrected chi connectivity index (χ0v) is 36.0. The monoisotopic (exact) mass is 835 g/mol. The minimum Gasteiger partial charge on any atom is -0.497 e. The summed E-state index contributed by atoms with van der Waals surface area (Å²) < 4.78 is 45.5. The minimum absolute atomic E-state index is 0.113. The third-order valence-corrected chi connectivity index (χ3v) is 15.6. The summed E-state index contributed by atoms with van der Waals surface area (Å²) >= 11 is 0. The van der Waals surface area contributed by atoms with E-state index in [4.69, 9.17) is 24.9 Å². The van der Waals surface area contributed by atoms with E-state index in [2.05, 4.69) is 16.6 Å². The van der Waals surface area contributed by atoms with Crippen molar-refractivity contribution in [2.45, 2.75) is 152 Å². The van der Waals surface area contributed by atoms with Crippen LogP contribution in [0.2, 0.25) is 0 Å². The molecule has 4 amide bonds. The summed E-state index contributed by atoms with van der Waals surface area (Å²) in [5.41, 5.74) is 5.22. The van der Waals surface area contributed by atoms with Crippen molar-refractivity contribution < 1.29 is 41.8 Å². The van der Waals surface area contributed by atoms with Gasteiger partial charge in [-0.25, -0.2) is 18.2 Å². The molecule has 0 unspecified atom stereocenters. The number of likely N-dealkylation sites (tertiary alicyclic amines) is 1. The van der Waals surface area contributed by atoms with Crippen LogP contribution in [0.3, 0.4) is 0 Å². The highest BCUT2D eigenvalue weighted by Crippen LogP contribution is 2.49. The largest absolute Gasteiger partial charge is 0.497 e. The van der Waals surface area contributed by atoms with E-state index in [1.165, 1.54) is 0 Å². The molecule has 3 aliphatic carbocycles. The fraction of sp³-hybridized carbons (Fsp3) is 0.659. The summed E-state index contributed by atoms with van der Waals surface area (Å²) in [6.45, 7) is 11.5. The summed E-state index contributed by atoms with van der Waals surface area (Å²) in [4.78, 5) is 60.5. The first-order valence-corrected chi connectivity index (χ1v) is 22.8. The molecule has 14 nitrogen and oxygen atoms in total. The Morgan fingerprint density at radius 2 is 1.86 bits per heavy atom. The topological polar surface area (TPSA) is 196 Å². The first-order valence-electron chi connectivity index (χ1n) is 21.3. The van der Waals surface area contributed by atoms with E-state index in [9.17, 15) is 27.6 Å². The second-order valence-corrected chi connectivity index (χ2v) is 21.4. The van der Waals surface area contributed by atoms with Crippen molar-refractivity contribution in [3.8, 4) is 11.5 Å². The molecule has 4 fully saturated rings. The van der Waals surface area contributed by atoms with Gasteiger partial charge in [-0.1, -0.05) is 39.7 Å². The van der Waals surface area contributed by atoms with Crippen molar-refractivity contribution >= 4 is 44.7 Å². The van der Waals surface area contributed by atoms with E-state index in [0.29, 0.717) is 49.5 Å². The molecule has 322 valence electrons. The van der Waals surface area contributed by atoms with Gasteiger partial charge in [0.25, 0.3) is 5.91 Å². The molecule has 1 saturated heterocycles. The number of aryl methyl sites for hydroxylation is 2. The first kappa shape index (κ1) is 42.7. The molecule has 0 radical (unpaired) electrons. The Morgan fingerprint density at radius 1 is 1.10 bits per heavy atom. The molecule has 0 bridgehead atoms. The van der Waals surface area contributed by atoms with E-state index in [0.717, 1.165) is 67.1 Å². The number of benzene rings is 1. The Morgan fingerprint density at radius 3 is 2.53 bits per heavy atom. The molecule has 2 aromatic rings. The van der Waals surface area contributed by atoms with Crippen LogP contribution in [0.1, 0.15) is 122 Å². The van der Waals surface area contributed by atoms with Gasteiger partial charge in [-0.2, -0.15) is 0 Å². The van der Waals surface area contributed by atoms with Crippen molar-refractivity contribution in [2.24, 2.45) is 23.0 Å². The highest BCUT2D eigenvalue weighted by molar-refractivity contribution is 7.91. The maximum absolute atomic E-state index is 14.5. The van der Waals surface area contributed by atoms with Crippen molar-refractivity contribution in [1.29, 1.82) is 0 Å². The molecule has 1 aromatic heterocycles. The van der Waals surface area contributed by atoms with E-state index in [1.807, 2.05) is 39.0 Å². The standard InChI is InChI=1S/C44H61N5O9S/c1-7-28-23-44(28,39(52)48-59(54,55)42(5)20-21-42)47-38(51)34-24-43(26-49(34)36(50)25-41(2,3)4)19-18-30-31-22-29(56-6)16-17-32(31)46-33(37(30)58-43)14-10-8-9-12-27-13-11-15-35(27)57-40(45)53/h7,16-17,22,27-28,34-35H,1,8-15,18-21,23-26H2,2-6H3,(H2,45,53)(H,47,51)(H,48,52)/t27-,28-,34+,35-,43-,44-/m1/s1. The molecule has 4 N–H and O–H groups in total. The SMILES string of the molecule is C=C[C@@H]1C[C@]1(NC(=O)[C@@H]1C[C@]2(CCc3c(c(CCCCC[C@@H]4CCC[C@H]4OC(N)=O)nc4ccc(OC)cc34)O2)CN1C(=O)CC(C)(C)C)C(=O)NS(=O)(=O)C1(C)CC1. The summed E-state index contributed by atoms with van der Waals surface area (Å²) in [5.74, 6) is -0.290. The lowest BCUT2D eigenvalue weighted by Crippen LogP contribution is -2.57. The van der Waals surface area contributed by atoms with Gasteiger partial charge in [0.2, 0.25) is 21.8 Å². The molecule has 1 spiro atoms. The Hall–Kier alpha value is -4.40. The van der Waals surface area contributed by atoms with E-state index < -0.39 is 55.8 Å². The van der Waals surface area contributed by atoms with E-state index >= 15 is 0 Å². The quantitative estimate of drug-likeness (QED) is 0.146. The molecular weight excluding hydrogens is 775 g/mol. The fourth-order valence-electron chi connectivity index (χ4n) is 9.52. The van der Waals surface area contributed by atoms with E-state index in [1.54, 1.807) is 25.0 Å². The van der Waals surface area contributed by atoms with Gasteiger partial charge in [0.15, 0.2) is 0 Å². The first-order chi connectivity index (χ1) is 27.8. The zero-order chi connectivity index (χ0) is 42.5. The van der Waals surface area contributed by atoms with Crippen LogP contribution in [0, 0.1) is 17.3 Å². The molecule has 1 aromatic carbocycles. The molecule has 3 saturated carbocycles. The van der Waals surface area contributed by atoms with Crippen molar-refractivity contribution in [1.82, 2.24) is 19.9 Å². The van der Waals surface area contributed by atoms with Gasteiger partial charge in [-0.15, -0.1) is 6.58 Å². The predicted octanol–water partition coefficient (Wildman–Crippen LogP) is 5.77. The van der Waals surface area contributed by atoms with Crippen molar-refractivity contribution in [2.75, 3.05) is 13.7 Å². The summed E-state index contributed by atoms with van der Waals surface area (Å²) in [7, 11) is -2.33. The van der Waals surface area contributed by atoms with Crippen molar-refractivity contribution in [3.05, 3.63) is 42.1 Å². The lowest BCUT2D eigenvalue weighted by molar-refractivity contribution is -0.141.